The first-order chi connectivity index (χ1) is 9.81. The Hall–Kier alpha value is -1.06. The molecule has 1 atom stereocenters. The van der Waals surface area contributed by atoms with Crippen molar-refractivity contribution < 1.29 is 9.47 Å². The van der Waals surface area contributed by atoms with E-state index in [4.69, 9.17) is 9.47 Å². The first-order valence-corrected chi connectivity index (χ1v) is 7.78. The van der Waals surface area contributed by atoms with Crippen molar-refractivity contribution >= 4 is 0 Å². The van der Waals surface area contributed by atoms with E-state index in [0.29, 0.717) is 6.10 Å². The van der Waals surface area contributed by atoms with E-state index in [9.17, 15) is 0 Å². The molecule has 3 heteroatoms. The average molecular weight is 277 g/mol. The second-order valence-corrected chi connectivity index (χ2v) is 5.58. The zero-order valence-corrected chi connectivity index (χ0v) is 12.8. The number of methoxy groups -OCH3 is 1. The van der Waals surface area contributed by atoms with E-state index in [1.165, 1.54) is 31.2 Å². The van der Waals surface area contributed by atoms with Crippen LogP contribution < -0.4 is 4.74 Å². The molecular weight excluding hydrogens is 250 g/mol. The molecule has 1 aromatic rings. The summed E-state index contributed by atoms with van der Waals surface area (Å²) in [6.45, 7) is 6.32. The third-order valence-corrected chi connectivity index (χ3v) is 3.82. The number of hydrogen-bond donors (Lipinski definition) is 0. The Labute approximate surface area is 122 Å². The molecular formula is C17H27NO2. The maximum atomic E-state index is 5.87. The van der Waals surface area contributed by atoms with Crippen LogP contribution in [0.1, 0.15) is 38.2 Å². The molecule has 0 saturated carbocycles. The van der Waals surface area contributed by atoms with Gasteiger partial charge in [0.1, 0.15) is 5.75 Å². The van der Waals surface area contributed by atoms with Gasteiger partial charge in [0.25, 0.3) is 0 Å². The summed E-state index contributed by atoms with van der Waals surface area (Å²) in [5.41, 5.74) is 1.31. The van der Waals surface area contributed by atoms with Gasteiger partial charge in [-0.05, 0) is 49.9 Å². The summed E-state index contributed by atoms with van der Waals surface area (Å²) in [4.78, 5) is 2.50. The summed E-state index contributed by atoms with van der Waals surface area (Å²) < 4.78 is 11.2. The minimum atomic E-state index is 0.418. The molecule has 1 aliphatic rings. The molecule has 0 aromatic heterocycles. The maximum Gasteiger partial charge on any atom is 0.119 e. The Balaban J connectivity index is 1.93. The normalized spacial score (nSPS) is 19.2. The van der Waals surface area contributed by atoms with Gasteiger partial charge in [-0.15, -0.1) is 0 Å². The number of hydrogen-bond acceptors (Lipinski definition) is 3. The lowest BCUT2D eigenvalue weighted by molar-refractivity contribution is -0.00714. The highest BCUT2D eigenvalue weighted by molar-refractivity contribution is 5.28. The van der Waals surface area contributed by atoms with Gasteiger partial charge < -0.3 is 9.47 Å². The Morgan fingerprint density at radius 2 is 2.25 bits per heavy atom. The fourth-order valence-corrected chi connectivity index (χ4v) is 2.82. The van der Waals surface area contributed by atoms with Crippen LogP contribution in [0.2, 0.25) is 0 Å². The fraction of sp³-hybridized carbons (Fsp3) is 0.647. The minimum absolute atomic E-state index is 0.418. The molecule has 0 amide bonds. The lowest BCUT2D eigenvalue weighted by Gasteiger charge is -2.29. The monoisotopic (exact) mass is 277 g/mol. The second-order valence-electron chi connectivity index (χ2n) is 5.58. The van der Waals surface area contributed by atoms with Crippen LogP contribution in [0.5, 0.6) is 5.75 Å². The van der Waals surface area contributed by atoms with Crippen LogP contribution in [-0.2, 0) is 11.3 Å². The van der Waals surface area contributed by atoms with Gasteiger partial charge in [0.05, 0.1) is 13.2 Å². The Morgan fingerprint density at radius 1 is 1.35 bits per heavy atom. The SMILES string of the molecule is CCCN(Cc1cccc(OC)c1)CC1CCCCO1. The topological polar surface area (TPSA) is 21.7 Å². The molecule has 20 heavy (non-hydrogen) atoms. The standard InChI is InChI=1S/C17H27NO2/c1-3-10-18(14-17-8-4-5-11-20-17)13-15-7-6-9-16(12-15)19-2/h6-7,9,12,17H,3-5,8,10-11,13-14H2,1-2H3. The molecule has 1 fully saturated rings. The van der Waals surface area contributed by atoms with Crippen molar-refractivity contribution in [2.75, 3.05) is 26.8 Å². The fourth-order valence-electron chi connectivity index (χ4n) is 2.82. The number of benzene rings is 1. The van der Waals surface area contributed by atoms with Crippen molar-refractivity contribution in [1.82, 2.24) is 4.90 Å². The average Bonchev–Trinajstić information content (AvgIpc) is 2.49. The molecule has 1 aromatic carbocycles. The van der Waals surface area contributed by atoms with E-state index >= 15 is 0 Å². The number of nitrogens with zero attached hydrogens (tertiary/aromatic N) is 1. The predicted molar refractivity (Wildman–Crippen MR) is 82.2 cm³/mol. The van der Waals surface area contributed by atoms with E-state index in [1.807, 2.05) is 6.07 Å². The van der Waals surface area contributed by atoms with Crippen LogP contribution in [0.3, 0.4) is 0 Å². The van der Waals surface area contributed by atoms with Crippen molar-refractivity contribution in [1.29, 1.82) is 0 Å². The van der Waals surface area contributed by atoms with Crippen molar-refractivity contribution in [3.05, 3.63) is 29.8 Å². The molecule has 1 unspecified atom stereocenters. The van der Waals surface area contributed by atoms with Gasteiger partial charge in [-0.1, -0.05) is 19.1 Å². The Bertz CT molecular complexity index is 388. The number of ether oxygens (including phenoxy) is 2. The lowest BCUT2D eigenvalue weighted by Crippen LogP contribution is -2.35. The lowest BCUT2D eigenvalue weighted by atomic mass is 10.1. The van der Waals surface area contributed by atoms with Crippen LogP contribution in [0, 0.1) is 0 Å². The van der Waals surface area contributed by atoms with E-state index in [2.05, 4.69) is 30.0 Å². The van der Waals surface area contributed by atoms with Crippen molar-refractivity contribution in [2.45, 2.75) is 45.3 Å². The molecule has 1 aliphatic heterocycles. The van der Waals surface area contributed by atoms with Gasteiger partial charge in [-0.25, -0.2) is 0 Å². The highest BCUT2D eigenvalue weighted by Gasteiger charge is 2.17. The van der Waals surface area contributed by atoms with Crippen molar-refractivity contribution in [3.63, 3.8) is 0 Å². The number of rotatable bonds is 7. The highest BCUT2D eigenvalue weighted by Crippen LogP contribution is 2.17. The minimum Gasteiger partial charge on any atom is -0.497 e. The molecule has 0 bridgehead atoms. The zero-order valence-electron chi connectivity index (χ0n) is 12.8. The van der Waals surface area contributed by atoms with Gasteiger partial charge in [-0.2, -0.15) is 0 Å². The molecule has 2 rings (SSSR count). The van der Waals surface area contributed by atoms with Crippen molar-refractivity contribution in [2.24, 2.45) is 0 Å². The quantitative estimate of drug-likeness (QED) is 0.761. The maximum absolute atomic E-state index is 5.87. The first-order valence-electron chi connectivity index (χ1n) is 7.78. The van der Waals surface area contributed by atoms with Crippen LogP contribution in [-0.4, -0.2) is 37.8 Å². The Morgan fingerprint density at radius 3 is 2.95 bits per heavy atom. The molecule has 1 heterocycles. The van der Waals surface area contributed by atoms with Gasteiger partial charge in [0, 0.05) is 19.7 Å². The van der Waals surface area contributed by atoms with E-state index in [0.717, 1.165) is 32.0 Å². The molecule has 0 aliphatic carbocycles. The van der Waals surface area contributed by atoms with E-state index in [1.54, 1.807) is 7.11 Å². The summed E-state index contributed by atoms with van der Waals surface area (Å²) in [6, 6.07) is 8.37. The summed E-state index contributed by atoms with van der Waals surface area (Å²) in [5, 5.41) is 0. The molecule has 1 saturated heterocycles. The van der Waals surface area contributed by atoms with Crippen LogP contribution in [0.25, 0.3) is 0 Å². The van der Waals surface area contributed by atoms with Crippen LogP contribution >= 0.6 is 0 Å². The summed E-state index contributed by atoms with van der Waals surface area (Å²) in [7, 11) is 1.72. The largest absolute Gasteiger partial charge is 0.497 e. The van der Waals surface area contributed by atoms with Crippen molar-refractivity contribution in [3.8, 4) is 5.75 Å². The molecule has 0 spiro atoms. The first kappa shape index (κ1) is 15.3. The second kappa shape index (κ2) is 8.28. The van der Waals surface area contributed by atoms with Gasteiger partial charge in [0.15, 0.2) is 0 Å². The van der Waals surface area contributed by atoms with Crippen LogP contribution in [0.4, 0.5) is 0 Å². The smallest absolute Gasteiger partial charge is 0.119 e. The van der Waals surface area contributed by atoms with Crippen LogP contribution in [0.15, 0.2) is 24.3 Å². The predicted octanol–water partition coefficient (Wildman–Crippen LogP) is 3.48. The summed E-state index contributed by atoms with van der Waals surface area (Å²) in [5.74, 6) is 0.938. The molecule has 112 valence electrons. The Kier molecular flexibility index (Phi) is 6.34. The third kappa shape index (κ3) is 4.80. The van der Waals surface area contributed by atoms with E-state index < -0.39 is 0 Å². The summed E-state index contributed by atoms with van der Waals surface area (Å²) in [6.07, 6.45) is 5.33. The molecule has 3 nitrogen and oxygen atoms in total. The van der Waals surface area contributed by atoms with Gasteiger partial charge in [0.2, 0.25) is 0 Å². The van der Waals surface area contributed by atoms with Gasteiger partial charge in [-0.3, -0.25) is 4.90 Å². The molecule has 0 radical (unpaired) electrons. The molecule has 0 N–H and O–H groups in total. The highest BCUT2D eigenvalue weighted by atomic mass is 16.5. The third-order valence-electron chi connectivity index (χ3n) is 3.82. The summed E-state index contributed by atoms with van der Waals surface area (Å²) >= 11 is 0. The zero-order chi connectivity index (χ0) is 14.2. The van der Waals surface area contributed by atoms with E-state index in [-0.39, 0.29) is 0 Å². The van der Waals surface area contributed by atoms with Gasteiger partial charge >= 0.3 is 0 Å².